The first-order chi connectivity index (χ1) is 16.7. The van der Waals surface area contributed by atoms with Gasteiger partial charge in [0.1, 0.15) is 5.76 Å². The molecule has 0 fully saturated rings. The molecule has 1 amide bonds. The average Bonchev–Trinajstić information content (AvgIpc) is 3.50. The van der Waals surface area contributed by atoms with Crippen molar-refractivity contribution in [3.05, 3.63) is 109 Å². The van der Waals surface area contributed by atoms with Crippen LogP contribution in [-0.4, -0.2) is 16.7 Å². The van der Waals surface area contributed by atoms with Crippen LogP contribution in [0, 0.1) is 6.92 Å². The fraction of sp³-hybridized carbons (Fsp3) is 0.103. The van der Waals surface area contributed by atoms with Crippen molar-refractivity contribution in [2.75, 3.05) is 0 Å². The van der Waals surface area contributed by atoms with Crippen LogP contribution in [0.25, 0.3) is 33.3 Å². The summed E-state index contributed by atoms with van der Waals surface area (Å²) in [5.41, 5.74) is 9.50. The molecule has 0 bridgehead atoms. The number of fused-ring (bicyclic) bond motifs is 1. The molecule has 5 rings (SSSR count). The molecule has 0 aliphatic rings. The minimum Gasteiger partial charge on any atom is -0.463 e. The van der Waals surface area contributed by atoms with Crippen molar-refractivity contribution < 1.29 is 9.21 Å². The molecule has 0 atom stereocenters. The first-order valence-corrected chi connectivity index (χ1v) is 11.3. The molecule has 2 aromatic heterocycles. The van der Waals surface area contributed by atoms with E-state index in [0.29, 0.717) is 18.7 Å². The van der Waals surface area contributed by atoms with E-state index in [0.717, 1.165) is 22.3 Å². The summed E-state index contributed by atoms with van der Waals surface area (Å²) < 4.78 is 7.49. The molecule has 34 heavy (non-hydrogen) atoms. The number of hydrogen-bond acceptors (Lipinski definition) is 3. The molecule has 0 spiro atoms. The van der Waals surface area contributed by atoms with Crippen molar-refractivity contribution in [1.82, 2.24) is 9.99 Å². The van der Waals surface area contributed by atoms with Crippen molar-refractivity contribution in [2.24, 2.45) is 5.10 Å². The summed E-state index contributed by atoms with van der Waals surface area (Å²) in [5, 5.41) is 5.19. The van der Waals surface area contributed by atoms with Gasteiger partial charge < -0.3 is 8.98 Å². The fourth-order valence-corrected chi connectivity index (χ4v) is 4.41. The van der Waals surface area contributed by atoms with Crippen molar-refractivity contribution in [3.63, 3.8) is 0 Å². The quantitative estimate of drug-likeness (QED) is 0.231. The van der Waals surface area contributed by atoms with Crippen LogP contribution in [0.15, 0.2) is 107 Å². The van der Waals surface area contributed by atoms with Crippen LogP contribution < -0.4 is 5.43 Å². The first-order valence-electron chi connectivity index (χ1n) is 11.3. The average molecular weight is 448 g/mol. The van der Waals surface area contributed by atoms with Crippen LogP contribution in [0.3, 0.4) is 0 Å². The Morgan fingerprint density at radius 2 is 1.65 bits per heavy atom. The van der Waals surface area contributed by atoms with Gasteiger partial charge in [-0.15, -0.1) is 0 Å². The zero-order valence-electron chi connectivity index (χ0n) is 18.9. The topological polar surface area (TPSA) is 59.5 Å². The minimum absolute atomic E-state index is 0.154. The Morgan fingerprint density at radius 3 is 2.35 bits per heavy atom. The SMILES string of the molecule is Cc1cccc2c(-c3ccccc3)c(-c3ccccc3)n(CCC(=O)N/N=C\c3ccco3)c12. The Kier molecular flexibility index (Phi) is 6.08. The number of carbonyl (C=O) groups is 1. The maximum atomic E-state index is 12.6. The van der Waals surface area contributed by atoms with Crippen molar-refractivity contribution in [2.45, 2.75) is 19.9 Å². The molecule has 168 valence electrons. The number of benzene rings is 3. The molecule has 0 aliphatic heterocycles. The number of aryl methyl sites for hydroxylation is 2. The monoisotopic (exact) mass is 447 g/mol. The summed E-state index contributed by atoms with van der Waals surface area (Å²) in [6.07, 6.45) is 3.36. The van der Waals surface area contributed by atoms with E-state index in [1.807, 2.05) is 12.1 Å². The van der Waals surface area contributed by atoms with E-state index in [9.17, 15) is 4.79 Å². The van der Waals surface area contributed by atoms with E-state index in [2.05, 4.69) is 88.7 Å². The maximum absolute atomic E-state index is 12.6. The van der Waals surface area contributed by atoms with E-state index in [1.54, 1.807) is 18.4 Å². The number of aromatic nitrogens is 1. The van der Waals surface area contributed by atoms with E-state index in [1.165, 1.54) is 22.7 Å². The molecule has 5 nitrogen and oxygen atoms in total. The van der Waals surface area contributed by atoms with Gasteiger partial charge in [-0.1, -0.05) is 78.9 Å². The molecular formula is C29H25N3O2. The Labute approximate surface area is 198 Å². The lowest BCUT2D eigenvalue weighted by Crippen LogP contribution is -2.19. The lowest BCUT2D eigenvalue weighted by Gasteiger charge is -2.13. The summed E-state index contributed by atoms with van der Waals surface area (Å²) in [6, 6.07) is 30.8. The van der Waals surface area contributed by atoms with Gasteiger partial charge in [-0.25, -0.2) is 5.43 Å². The van der Waals surface area contributed by atoms with Gasteiger partial charge in [-0.3, -0.25) is 4.79 Å². The zero-order chi connectivity index (χ0) is 23.3. The van der Waals surface area contributed by atoms with Gasteiger partial charge in [-0.05, 0) is 35.7 Å². The van der Waals surface area contributed by atoms with E-state index in [-0.39, 0.29) is 5.91 Å². The van der Waals surface area contributed by atoms with Gasteiger partial charge >= 0.3 is 0 Å². The largest absolute Gasteiger partial charge is 0.463 e. The van der Waals surface area contributed by atoms with E-state index in [4.69, 9.17) is 4.42 Å². The van der Waals surface area contributed by atoms with Crippen molar-refractivity contribution >= 4 is 23.0 Å². The molecule has 0 aliphatic carbocycles. The summed E-state index contributed by atoms with van der Waals surface area (Å²) in [4.78, 5) is 12.6. The zero-order valence-corrected chi connectivity index (χ0v) is 18.9. The number of hydrazone groups is 1. The summed E-state index contributed by atoms with van der Waals surface area (Å²) in [5.74, 6) is 0.435. The third kappa shape index (κ3) is 4.28. The number of furan rings is 1. The van der Waals surface area contributed by atoms with Gasteiger partial charge in [0, 0.05) is 23.9 Å². The molecule has 0 radical (unpaired) electrons. The molecule has 5 aromatic rings. The lowest BCUT2D eigenvalue weighted by molar-refractivity contribution is -0.121. The number of para-hydroxylation sites is 1. The van der Waals surface area contributed by atoms with Crippen LogP contribution in [0.2, 0.25) is 0 Å². The predicted octanol–water partition coefficient (Wildman–Crippen LogP) is 6.42. The van der Waals surface area contributed by atoms with Gasteiger partial charge in [0.05, 0.1) is 23.7 Å². The van der Waals surface area contributed by atoms with Gasteiger partial charge in [0.25, 0.3) is 0 Å². The first kappa shape index (κ1) is 21.5. The van der Waals surface area contributed by atoms with Gasteiger partial charge in [-0.2, -0.15) is 5.10 Å². The van der Waals surface area contributed by atoms with Crippen LogP contribution in [0.4, 0.5) is 0 Å². The molecule has 3 aromatic carbocycles. The Bertz CT molecular complexity index is 1430. The number of rotatable bonds is 7. The summed E-state index contributed by atoms with van der Waals surface area (Å²) in [6.45, 7) is 2.65. The second-order valence-corrected chi connectivity index (χ2v) is 8.14. The van der Waals surface area contributed by atoms with E-state index < -0.39 is 0 Å². The minimum atomic E-state index is -0.154. The molecule has 5 heteroatoms. The van der Waals surface area contributed by atoms with Crippen molar-refractivity contribution in [1.29, 1.82) is 0 Å². The Balaban J connectivity index is 1.56. The third-order valence-corrected chi connectivity index (χ3v) is 5.88. The smallest absolute Gasteiger partial charge is 0.241 e. The Morgan fingerprint density at radius 1 is 0.912 bits per heavy atom. The molecule has 2 heterocycles. The van der Waals surface area contributed by atoms with Crippen LogP contribution >= 0.6 is 0 Å². The highest BCUT2D eigenvalue weighted by Crippen LogP contribution is 2.42. The second-order valence-electron chi connectivity index (χ2n) is 8.14. The van der Waals surface area contributed by atoms with Gasteiger partial charge in [0.2, 0.25) is 5.91 Å². The molecule has 0 saturated carbocycles. The standard InChI is InChI=1S/C29H25N3O2/c1-21-10-8-16-25-27(22-11-4-2-5-12-22)29(23-13-6-3-7-14-23)32(28(21)25)18-17-26(33)31-30-20-24-15-9-19-34-24/h2-16,19-20H,17-18H2,1H3,(H,31,33)/b30-20-. The second kappa shape index (κ2) is 9.63. The number of nitrogens with one attached hydrogen (secondary N) is 1. The van der Waals surface area contributed by atoms with Gasteiger partial charge in [0.15, 0.2) is 0 Å². The third-order valence-electron chi connectivity index (χ3n) is 5.88. The van der Waals surface area contributed by atoms with Crippen LogP contribution in [0.5, 0.6) is 0 Å². The van der Waals surface area contributed by atoms with Crippen LogP contribution in [0.1, 0.15) is 17.7 Å². The number of hydrogen-bond donors (Lipinski definition) is 1. The summed E-state index contributed by atoms with van der Waals surface area (Å²) in [7, 11) is 0. The summed E-state index contributed by atoms with van der Waals surface area (Å²) >= 11 is 0. The maximum Gasteiger partial charge on any atom is 0.241 e. The lowest BCUT2D eigenvalue weighted by atomic mass is 9.98. The van der Waals surface area contributed by atoms with Crippen LogP contribution in [-0.2, 0) is 11.3 Å². The highest BCUT2D eigenvalue weighted by molar-refractivity contribution is 6.05. The molecule has 0 saturated heterocycles. The molecular weight excluding hydrogens is 422 g/mol. The number of amides is 1. The highest BCUT2D eigenvalue weighted by atomic mass is 16.3. The number of carbonyl (C=O) groups excluding carboxylic acids is 1. The predicted molar refractivity (Wildman–Crippen MR) is 137 cm³/mol. The fourth-order valence-electron chi connectivity index (χ4n) is 4.41. The normalized spacial score (nSPS) is 11.3. The number of nitrogens with zero attached hydrogens (tertiary/aromatic N) is 2. The molecule has 0 unspecified atom stereocenters. The van der Waals surface area contributed by atoms with Crippen molar-refractivity contribution in [3.8, 4) is 22.4 Å². The highest BCUT2D eigenvalue weighted by Gasteiger charge is 2.21. The Hall–Kier alpha value is -4.38. The van der Waals surface area contributed by atoms with E-state index >= 15 is 0 Å². The molecule has 1 N–H and O–H groups in total.